The van der Waals surface area contributed by atoms with Crippen molar-refractivity contribution in [2.45, 2.75) is 46.6 Å². The topological polar surface area (TPSA) is 55.8 Å². The molecular formula is C19H27NO4. The fourth-order valence-electron chi connectivity index (χ4n) is 3.03. The molecule has 1 fully saturated rings. The highest BCUT2D eigenvalue weighted by Gasteiger charge is 2.30. The second-order valence-electron chi connectivity index (χ2n) is 6.38. The van der Waals surface area contributed by atoms with Crippen molar-refractivity contribution < 1.29 is 19.1 Å². The molecule has 132 valence electrons. The minimum Gasteiger partial charge on any atom is -0.481 e. The van der Waals surface area contributed by atoms with Crippen LogP contribution in [0.2, 0.25) is 0 Å². The zero-order chi connectivity index (χ0) is 17.7. The monoisotopic (exact) mass is 333 g/mol. The molecule has 1 amide bonds. The first-order valence-corrected chi connectivity index (χ1v) is 8.61. The van der Waals surface area contributed by atoms with Crippen LogP contribution in [0.25, 0.3) is 0 Å². The number of hydrogen-bond acceptors (Lipinski definition) is 4. The van der Waals surface area contributed by atoms with E-state index in [1.54, 1.807) is 11.8 Å². The number of likely N-dealkylation sites (tertiary alicyclic amines) is 1. The van der Waals surface area contributed by atoms with E-state index in [2.05, 4.69) is 0 Å². The van der Waals surface area contributed by atoms with E-state index in [0.29, 0.717) is 32.5 Å². The molecule has 1 aliphatic heterocycles. The van der Waals surface area contributed by atoms with Crippen LogP contribution in [0.5, 0.6) is 5.75 Å². The average molecular weight is 333 g/mol. The standard InChI is InChI=1S/C19H27NO4/c1-5-23-19(22)16-8-10-20(11-9-16)18(21)15(4)24-17-7-6-13(2)12-14(17)3/h6-7,12,15-16H,5,8-11H2,1-4H3/t15-/m0/s1. The number of rotatable bonds is 5. The van der Waals surface area contributed by atoms with Crippen molar-refractivity contribution in [3.8, 4) is 5.75 Å². The first kappa shape index (κ1) is 18.3. The normalized spacial score (nSPS) is 16.6. The van der Waals surface area contributed by atoms with Crippen LogP contribution in [-0.2, 0) is 14.3 Å². The minimum atomic E-state index is -0.537. The minimum absolute atomic E-state index is 0.0303. The Morgan fingerprint density at radius 2 is 1.92 bits per heavy atom. The third-order valence-electron chi connectivity index (χ3n) is 4.41. The summed E-state index contributed by atoms with van der Waals surface area (Å²) in [4.78, 5) is 26.1. The van der Waals surface area contributed by atoms with E-state index in [4.69, 9.17) is 9.47 Å². The second-order valence-corrected chi connectivity index (χ2v) is 6.38. The number of benzene rings is 1. The van der Waals surface area contributed by atoms with Crippen molar-refractivity contribution in [3.05, 3.63) is 29.3 Å². The highest BCUT2D eigenvalue weighted by atomic mass is 16.5. The Morgan fingerprint density at radius 3 is 2.50 bits per heavy atom. The van der Waals surface area contributed by atoms with Gasteiger partial charge in [0.05, 0.1) is 12.5 Å². The fourth-order valence-corrected chi connectivity index (χ4v) is 3.03. The van der Waals surface area contributed by atoms with Crippen LogP contribution >= 0.6 is 0 Å². The number of amides is 1. The van der Waals surface area contributed by atoms with Gasteiger partial charge >= 0.3 is 5.97 Å². The smallest absolute Gasteiger partial charge is 0.309 e. The van der Waals surface area contributed by atoms with Gasteiger partial charge in [0.15, 0.2) is 6.10 Å². The highest BCUT2D eigenvalue weighted by molar-refractivity contribution is 5.81. The number of ether oxygens (including phenoxy) is 2. The van der Waals surface area contributed by atoms with Crippen LogP contribution in [-0.4, -0.2) is 42.6 Å². The highest BCUT2D eigenvalue weighted by Crippen LogP contribution is 2.23. The molecule has 1 aliphatic rings. The quantitative estimate of drug-likeness (QED) is 0.778. The van der Waals surface area contributed by atoms with E-state index >= 15 is 0 Å². The van der Waals surface area contributed by atoms with Gasteiger partial charge in [0.2, 0.25) is 0 Å². The lowest BCUT2D eigenvalue weighted by Crippen LogP contribution is -2.46. The van der Waals surface area contributed by atoms with E-state index in [1.165, 1.54) is 5.56 Å². The Morgan fingerprint density at radius 1 is 1.25 bits per heavy atom. The number of aryl methyl sites for hydroxylation is 2. The predicted octanol–water partition coefficient (Wildman–Crippen LogP) is 2.87. The molecule has 0 saturated carbocycles. The maximum absolute atomic E-state index is 12.6. The van der Waals surface area contributed by atoms with Gasteiger partial charge in [0, 0.05) is 13.1 Å². The first-order chi connectivity index (χ1) is 11.4. The molecule has 0 N–H and O–H groups in total. The molecule has 0 aliphatic carbocycles. The Kier molecular flexibility index (Phi) is 6.23. The summed E-state index contributed by atoms with van der Waals surface area (Å²) in [5, 5.41) is 0. The average Bonchev–Trinajstić information content (AvgIpc) is 2.57. The van der Waals surface area contributed by atoms with Crippen LogP contribution < -0.4 is 4.74 Å². The van der Waals surface area contributed by atoms with Crippen LogP contribution in [0.15, 0.2) is 18.2 Å². The van der Waals surface area contributed by atoms with Crippen LogP contribution in [0.3, 0.4) is 0 Å². The van der Waals surface area contributed by atoms with Crippen LogP contribution in [0.4, 0.5) is 0 Å². The molecule has 1 saturated heterocycles. The SMILES string of the molecule is CCOC(=O)C1CCN(C(=O)[C@H](C)Oc2ccc(C)cc2C)CC1. The summed E-state index contributed by atoms with van der Waals surface area (Å²) >= 11 is 0. The summed E-state index contributed by atoms with van der Waals surface area (Å²) in [5.41, 5.74) is 2.19. The number of esters is 1. The van der Waals surface area contributed by atoms with Gasteiger partial charge in [-0.15, -0.1) is 0 Å². The Hall–Kier alpha value is -2.04. The van der Waals surface area contributed by atoms with Crippen LogP contribution in [0.1, 0.15) is 37.8 Å². The third kappa shape index (κ3) is 4.49. The first-order valence-electron chi connectivity index (χ1n) is 8.61. The number of carbonyl (C=O) groups is 2. The lowest BCUT2D eigenvalue weighted by molar-refractivity contribution is -0.152. The van der Waals surface area contributed by atoms with Gasteiger partial charge in [-0.25, -0.2) is 0 Å². The summed E-state index contributed by atoms with van der Waals surface area (Å²) < 4.78 is 10.9. The van der Waals surface area contributed by atoms with Gasteiger partial charge in [-0.1, -0.05) is 17.7 Å². The molecule has 0 aromatic heterocycles. The molecule has 1 aromatic rings. The molecule has 5 heteroatoms. The van der Waals surface area contributed by atoms with Gasteiger partial charge in [-0.2, -0.15) is 0 Å². The summed E-state index contributed by atoms with van der Waals surface area (Å²) in [6.45, 7) is 9.13. The van der Waals surface area contributed by atoms with E-state index in [0.717, 1.165) is 11.3 Å². The zero-order valence-electron chi connectivity index (χ0n) is 15.0. The maximum atomic E-state index is 12.6. The summed E-state index contributed by atoms with van der Waals surface area (Å²) in [7, 11) is 0. The van der Waals surface area contributed by atoms with Crippen LogP contribution in [0, 0.1) is 19.8 Å². The van der Waals surface area contributed by atoms with E-state index in [1.807, 2.05) is 39.0 Å². The lowest BCUT2D eigenvalue weighted by atomic mass is 9.96. The summed E-state index contributed by atoms with van der Waals surface area (Å²) in [6.07, 6.45) is 0.771. The van der Waals surface area contributed by atoms with Gasteiger partial charge in [-0.3, -0.25) is 9.59 Å². The van der Waals surface area contributed by atoms with Crippen molar-refractivity contribution in [2.24, 2.45) is 5.92 Å². The van der Waals surface area contributed by atoms with Gasteiger partial charge in [0.1, 0.15) is 5.75 Å². The lowest BCUT2D eigenvalue weighted by Gasteiger charge is -2.32. The molecular weight excluding hydrogens is 306 g/mol. The van der Waals surface area contributed by atoms with Crippen molar-refractivity contribution >= 4 is 11.9 Å². The van der Waals surface area contributed by atoms with E-state index in [-0.39, 0.29) is 17.8 Å². The predicted molar refractivity (Wildman–Crippen MR) is 91.9 cm³/mol. The Bertz CT molecular complexity index is 591. The molecule has 0 bridgehead atoms. The summed E-state index contributed by atoms with van der Waals surface area (Å²) in [5.74, 6) is 0.467. The number of piperidine rings is 1. The van der Waals surface area contributed by atoms with Crippen molar-refractivity contribution in [1.29, 1.82) is 0 Å². The maximum Gasteiger partial charge on any atom is 0.309 e. The number of carbonyl (C=O) groups excluding carboxylic acids is 2. The van der Waals surface area contributed by atoms with Crippen molar-refractivity contribution in [3.63, 3.8) is 0 Å². The molecule has 1 atom stereocenters. The summed E-state index contributed by atoms with van der Waals surface area (Å²) in [6, 6.07) is 5.92. The molecule has 24 heavy (non-hydrogen) atoms. The molecule has 0 unspecified atom stereocenters. The molecule has 5 nitrogen and oxygen atoms in total. The Balaban J connectivity index is 1.89. The van der Waals surface area contributed by atoms with Gasteiger partial charge in [0.25, 0.3) is 5.91 Å². The molecule has 0 spiro atoms. The zero-order valence-corrected chi connectivity index (χ0v) is 15.0. The van der Waals surface area contributed by atoms with Crippen molar-refractivity contribution in [1.82, 2.24) is 4.90 Å². The Labute approximate surface area is 143 Å². The largest absolute Gasteiger partial charge is 0.481 e. The number of hydrogen-bond donors (Lipinski definition) is 0. The second kappa shape index (κ2) is 8.18. The third-order valence-corrected chi connectivity index (χ3v) is 4.41. The molecule has 1 heterocycles. The van der Waals surface area contributed by atoms with E-state index < -0.39 is 6.10 Å². The van der Waals surface area contributed by atoms with Gasteiger partial charge < -0.3 is 14.4 Å². The molecule has 0 radical (unpaired) electrons. The molecule has 2 rings (SSSR count). The van der Waals surface area contributed by atoms with Gasteiger partial charge in [-0.05, 0) is 52.2 Å². The molecule has 1 aromatic carbocycles. The van der Waals surface area contributed by atoms with E-state index in [9.17, 15) is 9.59 Å². The van der Waals surface area contributed by atoms with Crippen molar-refractivity contribution in [2.75, 3.05) is 19.7 Å². The number of nitrogens with zero attached hydrogens (tertiary/aromatic N) is 1. The fraction of sp³-hybridized carbons (Fsp3) is 0.579.